The molecule has 2 aromatic carbocycles. The maximum atomic E-state index is 12.2. The maximum Gasteiger partial charge on any atom is 0.270 e. The van der Waals surface area contributed by atoms with E-state index in [2.05, 4.69) is 10.3 Å². The molecule has 27 heavy (non-hydrogen) atoms. The molecule has 0 atom stereocenters. The van der Waals surface area contributed by atoms with Gasteiger partial charge in [-0.05, 0) is 11.6 Å². The van der Waals surface area contributed by atoms with E-state index in [4.69, 9.17) is 0 Å². The molecule has 0 saturated heterocycles. The van der Waals surface area contributed by atoms with E-state index in [1.807, 2.05) is 0 Å². The lowest BCUT2D eigenvalue weighted by atomic mass is 10.1. The Labute approximate surface area is 156 Å². The molecule has 1 amide bonds. The quantitative estimate of drug-likeness (QED) is 0.508. The summed E-state index contributed by atoms with van der Waals surface area (Å²) in [5, 5.41) is 24.6. The van der Waals surface area contributed by atoms with E-state index < -0.39 is 15.8 Å². The molecule has 10 heteroatoms. The minimum absolute atomic E-state index is 0.0104. The number of benzene rings is 2. The number of non-ortho nitro benzene ring substituents is 2. The van der Waals surface area contributed by atoms with Gasteiger partial charge in [-0.15, -0.1) is 11.3 Å². The number of carbonyl (C=O) groups is 1. The van der Waals surface area contributed by atoms with Gasteiger partial charge in [0.2, 0.25) is 0 Å². The number of aromatic nitrogens is 1. The average molecular weight is 384 g/mol. The van der Waals surface area contributed by atoms with E-state index in [1.165, 1.54) is 47.7 Å². The summed E-state index contributed by atoms with van der Waals surface area (Å²) in [5.74, 6) is -0.505. The van der Waals surface area contributed by atoms with E-state index >= 15 is 0 Å². The minimum atomic E-state index is -0.572. The van der Waals surface area contributed by atoms with Gasteiger partial charge in [0, 0.05) is 47.3 Å². The lowest BCUT2D eigenvalue weighted by molar-refractivity contribution is -0.385. The van der Waals surface area contributed by atoms with Crippen molar-refractivity contribution in [2.24, 2.45) is 0 Å². The highest BCUT2D eigenvalue weighted by atomic mass is 32.1. The van der Waals surface area contributed by atoms with Crippen LogP contribution in [-0.4, -0.2) is 20.7 Å². The Bertz CT molecular complexity index is 1030. The molecule has 1 aromatic heterocycles. The molecule has 0 saturated carbocycles. The second kappa shape index (κ2) is 7.70. The number of rotatable bonds is 6. The highest BCUT2D eigenvalue weighted by molar-refractivity contribution is 7.15. The summed E-state index contributed by atoms with van der Waals surface area (Å²) in [5.41, 5.74) is 0.744. The molecule has 0 aliphatic carbocycles. The van der Waals surface area contributed by atoms with Gasteiger partial charge in [-0.3, -0.25) is 30.3 Å². The molecule has 9 nitrogen and oxygen atoms in total. The molecule has 3 rings (SSSR count). The number of carbonyl (C=O) groups excluding carboxylic acids is 1. The smallest absolute Gasteiger partial charge is 0.270 e. The third-order valence-electron chi connectivity index (χ3n) is 3.59. The topological polar surface area (TPSA) is 128 Å². The molecule has 0 aliphatic heterocycles. The van der Waals surface area contributed by atoms with E-state index in [0.29, 0.717) is 11.6 Å². The fourth-order valence-electron chi connectivity index (χ4n) is 2.36. The molecule has 3 aromatic rings. The van der Waals surface area contributed by atoms with Crippen LogP contribution in [0.3, 0.4) is 0 Å². The molecule has 136 valence electrons. The van der Waals surface area contributed by atoms with Gasteiger partial charge in [0.05, 0.1) is 9.85 Å². The predicted octanol–water partition coefficient (Wildman–Crippen LogP) is 3.80. The van der Waals surface area contributed by atoms with E-state index in [1.54, 1.807) is 18.3 Å². The maximum absolute atomic E-state index is 12.2. The van der Waals surface area contributed by atoms with Crippen LogP contribution in [0.1, 0.15) is 20.8 Å². The first kappa shape index (κ1) is 18.1. The molecule has 0 radical (unpaired) electrons. The monoisotopic (exact) mass is 384 g/mol. The van der Waals surface area contributed by atoms with E-state index in [0.717, 1.165) is 10.4 Å². The van der Waals surface area contributed by atoms with E-state index in [9.17, 15) is 25.0 Å². The molecule has 0 aliphatic rings. The van der Waals surface area contributed by atoms with Gasteiger partial charge in [-0.25, -0.2) is 4.98 Å². The number of hydrogen-bond acceptors (Lipinski definition) is 7. The van der Waals surface area contributed by atoms with Crippen molar-refractivity contribution in [3.05, 3.63) is 91.0 Å². The van der Waals surface area contributed by atoms with Crippen LogP contribution in [0.15, 0.2) is 54.7 Å². The molecule has 0 unspecified atom stereocenters. The second-order valence-electron chi connectivity index (χ2n) is 5.50. The number of nitrogens with zero attached hydrogens (tertiary/aromatic N) is 3. The first-order chi connectivity index (χ1) is 12.9. The largest absolute Gasteiger partial charge is 0.298 e. The van der Waals surface area contributed by atoms with E-state index in [-0.39, 0.29) is 16.9 Å². The van der Waals surface area contributed by atoms with Crippen molar-refractivity contribution in [1.82, 2.24) is 4.98 Å². The van der Waals surface area contributed by atoms with Crippen molar-refractivity contribution in [3.8, 4) is 0 Å². The molecule has 1 N–H and O–H groups in total. The van der Waals surface area contributed by atoms with Crippen LogP contribution in [0.4, 0.5) is 16.5 Å². The summed E-state index contributed by atoms with van der Waals surface area (Å²) in [6.45, 7) is 0. The molecule has 1 heterocycles. The van der Waals surface area contributed by atoms with Crippen LogP contribution in [0.5, 0.6) is 0 Å². The Kier molecular flexibility index (Phi) is 5.18. The van der Waals surface area contributed by atoms with Gasteiger partial charge >= 0.3 is 0 Å². The Balaban J connectivity index is 1.70. The molecule has 0 bridgehead atoms. The molecule has 0 spiro atoms. The Hall–Kier alpha value is -3.66. The van der Waals surface area contributed by atoms with Crippen molar-refractivity contribution < 1.29 is 14.6 Å². The molecule has 0 fully saturated rings. The second-order valence-corrected chi connectivity index (χ2v) is 6.61. The Morgan fingerprint density at radius 2 is 1.70 bits per heavy atom. The normalized spacial score (nSPS) is 10.4. The average Bonchev–Trinajstić information content (AvgIpc) is 3.08. The van der Waals surface area contributed by atoms with Gasteiger partial charge in [-0.2, -0.15) is 0 Å². The Morgan fingerprint density at radius 1 is 1.04 bits per heavy atom. The van der Waals surface area contributed by atoms with Crippen molar-refractivity contribution in [2.75, 3.05) is 5.32 Å². The number of amides is 1. The van der Waals surface area contributed by atoms with Gasteiger partial charge in [0.1, 0.15) is 0 Å². The number of nitro groups is 2. The lowest BCUT2D eigenvalue weighted by Gasteiger charge is -2.01. The number of nitrogens with one attached hydrogen (secondary N) is 1. The number of hydrogen-bond donors (Lipinski definition) is 1. The van der Waals surface area contributed by atoms with Crippen LogP contribution in [0.25, 0.3) is 0 Å². The van der Waals surface area contributed by atoms with Crippen molar-refractivity contribution in [3.63, 3.8) is 0 Å². The zero-order valence-corrected chi connectivity index (χ0v) is 14.5. The minimum Gasteiger partial charge on any atom is -0.298 e. The van der Waals surface area contributed by atoms with Crippen molar-refractivity contribution in [2.45, 2.75) is 6.42 Å². The Morgan fingerprint density at radius 3 is 2.41 bits per heavy atom. The van der Waals surface area contributed by atoms with Gasteiger partial charge in [0.15, 0.2) is 5.13 Å². The summed E-state index contributed by atoms with van der Waals surface area (Å²) in [6.07, 6.45) is 2.01. The fourth-order valence-corrected chi connectivity index (χ4v) is 3.20. The highest BCUT2D eigenvalue weighted by Crippen LogP contribution is 2.24. The molecular weight excluding hydrogens is 372 g/mol. The van der Waals surface area contributed by atoms with Crippen molar-refractivity contribution >= 4 is 33.8 Å². The summed E-state index contributed by atoms with van der Waals surface area (Å²) in [4.78, 5) is 37.8. The van der Waals surface area contributed by atoms with Gasteiger partial charge in [-0.1, -0.05) is 18.2 Å². The van der Waals surface area contributed by atoms with Crippen LogP contribution < -0.4 is 5.32 Å². The highest BCUT2D eigenvalue weighted by Gasteiger charge is 2.14. The number of anilines is 1. The third kappa shape index (κ3) is 4.50. The van der Waals surface area contributed by atoms with Crippen molar-refractivity contribution in [1.29, 1.82) is 0 Å². The predicted molar refractivity (Wildman–Crippen MR) is 99.1 cm³/mol. The van der Waals surface area contributed by atoms with Crippen LogP contribution in [0, 0.1) is 20.2 Å². The SMILES string of the molecule is O=C(Nc1ncc(Cc2cccc([N+](=O)[O-])c2)s1)c1cccc([N+](=O)[O-])c1. The van der Waals surface area contributed by atoms with Crippen LogP contribution in [0.2, 0.25) is 0 Å². The zero-order valence-electron chi connectivity index (χ0n) is 13.7. The van der Waals surface area contributed by atoms with Crippen LogP contribution in [-0.2, 0) is 6.42 Å². The summed E-state index contributed by atoms with van der Waals surface area (Å²) < 4.78 is 0. The van der Waals surface area contributed by atoms with Gasteiger partial charge in [0.25, 0.3) is 17.3 Å². The van der Waals surface area contributed by atoms with Crippen LogP contribution >= 0.6 is 11.3 Å². The summed E-state index contributed by atoms with van der Waals surface area (Å²) in [6, 6.07) is 11.7. The first-order valence-electron chi connectivity index (χ1n) is 7.66. The standard InChI is InChI=1S/C17H12N4O5S/c22-16(12-4-2-6-14(9-12)21(25)26)19-17-18-10-15(27-17)8-11-3-1-5-13(7-11)20(23)24/h1-7,9-10H,8H2,(H,18,19,22). The summed E-state index contributed by atoms with van der Waals surface area (Å²) in [7, 11) is 0. The third-order valence-corrected chi connectivity index (χ3v) is 4.51. The fraction of sp³-hybridized carbons (Fsp3) is 0.0588. The number of nitro benzene ring substituents is 2. The first-order valence-corrected chi connectivity index (χ1v) is 8.48. The zero-order chi connectivity index (χ0) is 19.4. The summed E-state index contributed by atoms with van der Waals surface area (Å²) >= 11 is 1.23. The van der Waals surface area contributed by atoms with Gasteiger partial charge < -0.3 is 0 Å². The number of thiazole rings is 1. The molecular formula is C17H12N4O5S. The lowest BCUT2D eigenvalue weighted by Crippen LogP contribution is -2.11.